The lowest BCUT2D eigenvalue weighted by Gasteiger charge is -2.17. The standard InChI is InChI=1S/C18H22N2O2S/c1-13(10-17(21)18-4-3-9-23-18)20-12-15-5-7-16(8-6-15)22-14(2)11-19/h3-9,13-14,17,20-21H,10,12H2,1-2H3. The minimum absolute atomic E-state index is 0.210. The highest BCUT2D eigenvalue weighted by Crippen LogP contribution is 2.23. The van der Waals surface area contributed by atoms with E-state index in [9.17, 15) is 5.11 Å². The Morgan fingerprint density at radius 2 is 2.00 bits per heavy atom. The number of hydrogen-bond donors (Lipinski definition) is 2. The monoisotopic (exact) mass is 330 g/mol. The van der Waals surface area contributed by atoms with Gasteiger partial charge in [0.2, 0.25) is 0 Å². The maximum atomic E-state index is 10.1. The number of nitriles is 1. The van der Waals surface area contributed by atoms with Gasteiger partial charge in [-0.2, -0.15) is 5.26 Å². The molecule has 2 aromatic rings. The Morgan fingerprint density at radius 1 is 1.26 bits per heavy atom. The third-order valence-electron chi connectivity index (χ3n) is 3.52. The molecule has 5 heteroatoms. The van der Waals surface area contributed by atoms with Crippen LogP contribution in [0, 0.1) is 11.3 Å². The Hall–Kier alpha value is -1.87. The Balaban J connectivity index is 1.78. The van der Waals surface area contributed by atoms with Crippen LogP contribution in [-0.2, 0) is 6.54 Å². The molecule has 0 bridgehead atoms. The van der Waals surface area contributed by atoms with E-state index in [1.54, 1.807) is 18.3 Å². The SMILES string of the molecule is CC(CC(O)c1cccs1)NCc1ccc(OC(C)C#N)cc1. The van der Waals surface area contributed by atoms with E-state index in [0.717, 1.165) is 17.0 Å². The quantitative estimate of drug-likeness (QED) is 0.775. The lowest BCUT2D eigenvalue weighted by molar-refractivity contribution is 0.157. The second-order valence-electron chi connectivity index (χ2n) is 5.58. The molecule has 122 valence electrons. The molecule has 0 radical (unpaired) electrons. The number of nitrogens with one attached hydrogen (secondary N) is 1. The summed E-state index contributed by atoms with van der Waals surface area (Å²) < 4.78 is 5.42. The van der Waals surface area contributed by atoms with Gasteiger partial charge in [0, 0.05) is 17.5 Å². The maximum absolute atomic E-state index is 10.1. The molecule has 3 atom stereocenters. The molecule has 0 amide bonds. The van der Waals surface area contributed by atoms with E-state index >= 15 is 0 Å². The fourth-order valence-corrected chi connectivity index (χ4v) is 2.95. The van der Waals surface area contributed by atoms with E-state index in [0.29, 0.717) is 12.2 Å². The van der Waals surface area contributed by atoms with Crippen molar-refractivity contribution in [3.63, 3.8) is 0 Å². The highest BCUT2D eigenvalue weighted by molar-refractivity contribution is 7.10. The van der Waals surface area contributed by atoms with Gasteiger partial charge in [0.05, 0.1) is 6.10 Å². The Labute approximate surface area is 141 Å². The Morgan fingerprint density at radius 3 is 2.61 bits per heavy atom. The van der Waals surface area contributed by atoms with Gasteiger partial charge in [-0.15, -0.1) is 11.3 Å². The normalized spacial score (nSPS) is 14.7. The van der Waals surface area contributed by atoms with Crippen LogP contribution in [0.15, 0.2) is 41.8 Å². The van der Waals surface area contributed by atoms with E-state index in [4.69, 9.17) is 10.00 Å². The second-order valence-corrected chi connectivity index (χ2v) is 6.56. The molecule has 1 aromatic heterocycles. The van der Waals surface area contributed by atoms with Gasteiger partial charge in [-0.1, -0.05) is 18.2 Å². The summed E-state index contributed by atoms with van der Waals surface area (Å²) >= 11 is 1.58. The lowest BCUT2D eigenvalue weighted by atomic mass is 10.1. The molecular weight excluding hydrogens is 308 g/mol. The number of nitrogens with zero attached hydrogens (tertiary/aromatic N) is 1. The van der Waals surface area contributed by atoms with Crippen molar-refractivity contribution in [1.29, 1.82) is 5.26 Å². The van der Waals surface area contributed by atoms with Crippen LogP contribution in [0.3, 0.4) is 0 Å². The Bertz CT molecular complexity index is 619. The van der Waals surface area contributed by atoms with Crippen LogP contribution < -0.4 is 10.1 Å². The van der Waals surface area contributed by atoms with Gasteiger partial charge in [0.15, 0.2) is 6.10 Å². The minimum atomic E-state index is -0.447. The predicted molar refractivity (Wildman–Crippen MR) is 92.3 cm³/mol. The molecule has 23 heavy (non-hydrogen) atoms. The summed E-state index contributed by atoms with van der Waals surface area (Å²) in [5.74, 6) is 0.698. The van der Waals surface area contributed by atoms with Crippen molar-refractivity contribution in [2.24, 2.45) is 0 Å². The smallest absolute Gasteiger partial charge is 0.181 e. The van der Waals surface area contributed by atoms with Crippen LogP contribution in [0.5, 0.6) is 5.75 Å². The van der Waals surface area contributed by atoms with Gasteiger partial charge in [0.25, 0.3) is 0 Å². The molecule has 1 heterocycles. The van der Waals surface area contributed by atoms with E-state index in [1.807, 2.05) is 47.8 Å². The average Bonchev–Trinajstić information content (AvgIpc) is 3.08. The zero-order chi connectivity index (χ0) is 16.7. The number of thiophene rings is 1. The molecular formula is C18H22N2O2S. The molecule has 3 unspecified atom stereocenters. The van der Waals surface area contributed by atoms with Crippen LogP contribution in [0.25, 0.3) is 0 Å². The Kier molecular flexibility index (Phi) is 6.60. The molecule has 0 spiro atoms. The molecule has 2 N–H and O–H groups in total. The average molecular weight is 330 g/mol. The van der Waals surface area contributed by atoms with Crippen LogP contribution in [-0.4, -0.2) is 17.3 Å². The van der Waals surface area contributed by atoms with Gasteiger partial charge in [-0.3, -0.25) is 0 Å². The highest BCUT2D eigenvalue weighted by Gasteiger charge is 2.13. The number of rotatable bonds is 8. The second kappa shape index (κ2) is 8.68. The topological polar surface area (TPSA) is 65.3 Å². The third kappa shape index (κ3) is 5.68. The highest BCUT2D eigenvalue weighted by atomic mass is 32.1. The molecule has 0 aliphatic carbocycles. The first-order valence-corrected chi connectivity index (χ1v) is 8.56. The minimum Gasteiger partial charge on any atom is -0.476 e. The van der Waals surface area contributed by atoms with E-state index < -0.39 is 12.2 Å². The van der Waals surface area contributed by atoms with Gasteiger partial charge in [0.1, 0.15) is 11.8 Å². The number of aliphatic hydroxyl groups excluding tert-OH is 1. The number of benzene rings is 1. The van der Waals surface area contributed by atoms with Gasteiger partial charge in [-0.05, 0) is 49.4 Å². The largest absolute Gasteiger partial charge is 0.476 e. The maximum Gasteiger partial charge on any atom is 0.181 e. The van der Waals surface area contributed by atoms with Crippen molar-refractivity contribution in [3.8, 4) is 11.8 Å². The van der Waals surface area contributed by atoms with Crippen molar-refractivity contribution < 1.29 is 9.84 Å². The van der Waals surface area contributed by atoms with Crippen LogP contribution in [0.2, 0.25) is 0 Å². The number of ether oxygens (including phenoxy) is 1. The lowest BCUT2D eigenvalue weighted by Crippen LogP contribution is -2.27. The molecule has 0 saturated heterocycles. The molecule has 0 aliphatic rings. The van der Waals surface area contributed by atoms with Crippen molar-refractivity contribution in [3.05, 3.63) is 52.2 Å². The van der Waals surface area contributed by atoms with Crippen LogP contribution in [0.4, 0.5) is 0 Å². The molecule has 0 fully saturated rings. The van der Waals surface area contributed by atoms with Crippen molar-refractivity contribution in [1.82, 2.24) is 5.32 Å². The first kappa shape index (κ1) is 17.5. The zero-order valence-corrected chi connectivity index (χ0v) is 14.2. The van der Waals surface area contributed by atoms with Crippen LogP contribution >= 0.6 is 11.3 Å². The van der Waals surface area contributed by atoms with Gasteiger partial charge >= 0.3 is 0 Å². The van der Waals surface area contributed by atoms with Crippen molar-refractivity contribution in [2.45, 2.75) is 45.1 Å². The summed E-state index contributed by atoms with van der Waals surface area (Å²) in [6.07, 6.45) is -0.181. The van der Waals surface area contributed by atoms with E-state index in [2.05, 4.69) is 12.2 Å². The molecule has 4 nitrogen and oxygen atoms in total. The van der Waals surface area contributed by atoms with E-state index in [1.165, 1.54) is 0 Å². The van der Waals surface area contributed by atoms with E-state index in [-0.39, 0.29) is 6.04 Å². The fourth-order valence-electron chi connectivity index (χ4n) is 2.22. The van der Waals surface area contributed by atoms with Gasteiger partial charge in [-0.25, -0.2) is 0 Å². The van der Waals surface area contributed by atoms with Crippen molar-refractivity contribution >= 4 is 11.3 Å². The third-order valence-corrected chi connectivity index (χ3v) is 4.49. The molecule has 0 aliphatic heterocycles. The summed E-state index contributed by atoms with van der Waals surface area (Å²) in [5.41, 5.74) is 1.14. The van der Waals surface area contributed by atoms with Crippen molar-refractivity contribution in [2.75, 3.05) is 0 Å². The zero-order valence-electron chi connectivity index (χ0n) is 13.4. The van der Waals surface area contributed by atoms with Crippen LogP contribution in [0.1, 0.15) is 36.8 Å². The first-order chi connectivity index (χ1) is 11.1. The van der Waals surface area contributed by atoms with Gasteiger partial charge < -0.3 is 15.2 Å². The summed E-state index contributed by atoms with van der Waals surface area (Å²) in [4.78, 5) is 1.01. The summed E-state index contributed by atoms with van der Waals surface area (Å²) in [5, 5.41) is 24.3. The molecule has 1 aromatic carbocycles. The first-order valence-electron chi connectivity index (χ1n) is 7.68. The fraction of sp³-hybridized carbons (Fsp3) is 0.389. The summed E-state index contributed by atoms with van der Waals surface area (Å²) in [7, 11) is 0. The molecule has 2 rings (SSSR count). The number of hydrogen-bond acceptors (Lipinski definition) is 5. The summed E-state index contributed by atoms with van der Waals surface area (Å²) in [6.45, 7) is 4.52. The predicted octanol–water partition coefficient (Wildman–Crippen LogP) is 3.64. The summed E-state index contributed by atoms with van der Waals surface area (Å²) in [6, 6.07) is 13.9. The molecule has 0 saturated carbocycles. The number of aliphatic hydroxyl groups is 1.